The highest BCUT2D eigenvalue weighted by atomic mass is 79.9. The lowest BCUT2D eigenvalue weighted by atomic mass is 10.3. The standard InChI is InChI=1S/C10H14BrNO2S/c1-7(11)5-12(2)10(13)9-4-8(14-3)6-15-9/h4,6-7H,5H2,1-3H3. The van der Waals surface area contributed by atoms with Crippen LogP contribution in [0.1, 0.15) is 16.6 Å². The van der Waals surface area contributed by atoms with E-state index in [1.165, 1.54) is 11.3 Å². The van der Waals surface area contributed by atoms with Gasteiger partial charge in [-0.3, -0.25) is 4.79 Å². The van der Waals surface area contributed by atoms with E-state index in [1.54, 1.807) is 25.1 Å². The van der Waals surface area contributed by atoms with Gasteiger partial charge in [0.25, 0.3) is 5.91 Å². The molecular weight excluding hydrogens is 278 g/mol. The van der Waals surface area contributed by atoms with Crippen LogP contribution in [-0.4, -0.2) is 36.3 Å². The molecule has 1 unspecified atom stereocenters. The van der Waals surface area contributed by atoms with Gasteiger partial charge >= 0.3 is 0 Å². The Morgan fingerprint density at radius 2 is 2.40 bits per heavy atom. The summed E-state index contributed by atoms with van der Waals surface area (Å²) in [7, 11) is 3.40. The van der Waals surface area contributed by atoms with Crippen LogP contribution in [0.25, 0.3) is 0 Å². The van der Waals surface area contributed by atoms with Crippen molar-refractivity contribution in [3.05, 3.63) is 16.3 Å². The van der Waals surface area contributed by atoms with Crippen LogP contribution >= 0.6 is 27.3 Å². The van der Waals surface area contributed by atoms with E-state index < -0.39 is 0 Å². The van der Waals surface area contributed by atoms with Crippen molar-refractivity contribution in [2.24, 2.45) is 0 Å². The van der Waals surface area contributed by atoms with Gasteiger partial charge in [-0.05, 0) is 0 Å². The fourth-order valence-corrected chi connectivity index (χ4v) is 2.47. The lowest BCUT2D eigenvalue weighted by molar-refractivity contribution is 0.0802. The number of methoxy groups -OCH3 is 1. The Kier molecular flexibility index (Phi) is 4.60. The summed E-state index contributed by atoms with van der Waals surface area (Å²) in [5.74, 6) is 0.776. The van der Waals surface area contributed by atoms with Crippen molar-refractivity contribution in [3.63, 3.8) is 0 Å². The van der Waals surface area contributed by atoms with Gasteiger partial charge in [0.05, 0.1) is 12.0 Å². The number of halogens is 1. The zero-order valence-corrected chi connectivity index (χ0v) is 11.4. The van der Waals surface area contributed by atoms with Crippen molar-refractivity contribution in [1.29, 1.82) is 0 Å². The number of alkyl halides is 1. The molecule has 0 aromatic carbocycles. The van der Waals surface area contributed by atoms with Crippen LogP contribution in [-0.2, 0) is 0 Å². The van der Waals surface area contributed by atoms with Gasteiger partial charge in [0.2, 0.25) is 0 Å². The molecule has 1 aromatic rings. The van der Waals surface area contributed by atoms with Gasteiger partial charge in [0.1, 0.15) is 5.75 Å². The van der Waals surface area contributed by atoms with Gasteiger partial charge in [-0.2, -0.15) is 0 Å². The molecule has 1 amide bonds. The topological polar surface area (TPSA) is 29.5 Å². The minimum Gasteiger partial charge on any atom is -0.496 e. The maximum absolute atomic E-state index is 11.9. The Labute approximate surface area is 102 Å². The van der Waals surface area contributed by atoms with E-state index in [4.69, 9.17) is 4.74 Å². The van der Waals surface area contributed by atoms with Gasteiger partial charge in [-0.25, -0.2) is 0 Å². The minimum atomic E-state index is 0.0367. The molecule has 0 fully saturated rings. The first kappa shape index (κ1) is 12.5. The molecule has 5 heteroatoms. The molecule has 1 heterocycles. The molecule has 1 aromatic heterocycles. The molecule has 3 nitrogen and oxygen atoms in total. The van der Waals surface area contributed by atoms with E-state index in [2.05, 4.69) is 15.9 Å². The molecular formula is C10H14BrNO2S. The molecule has 84 valence electrons. The van der Waals surface area contributed by atoms with E-state index in [0.29, 0.717) is 16.2 Å². The number of hydrogen-bond donors (Lipinski definition) is 0. The average Bonchev–Trinajstić information content (AvgIpc) is 2.63. The summed E-state index contributed by atoms with van der Waals surface area (Å²) in [5, 5.41) is 1.83. The van der Waals surface area contributed by atoms with Crippen LogP contribution in [0.5, 0.6) is 5.75 Å². The Morgan fingerprint density at radius 1 is 1.73 bits per heavy atom. The molecule has 0 saturated heterocycles. The Balaban J connectivity index is 2.67. The van der Waals surface area contributed by atoms with E-state index in [0.717, 1.165) is 5.75 Å². The van der Waals surface area contributed by atoms with Crippen LogP contribution in [0, 0.1) is 0 Å². The second kappa shape index (κ2) is 5.51. The van der Waals surface area contributed by atoms with Gasteiger partial charge in [0, 0.05) is 29.9 Å². The van der Waals surface area contributed by atoms with Crippen LogP contribution in [0.4, 0.5) is 0 Å². The fraction of sp³-hybridized carbons (Fsp3) is 0.500. The second-order valence-corrected chi connectivity index (χ2v) is 5.79. The first-order valence-corrected chi connectivity index (χ1v) is 6.36. The van der Waals surface area contributed by atoms with Crippen molar-refractivity contribution in [3.8, 4) is 5.75 Å². The molecule has 1 atom stereocenters. The number of hydrogen-bond acceptors (Lipinski definition) is 3. The van der Waals surface area contributed by atoms with E-state index in [1.807, 2.05) is 12.3 Å². The third kappa shape index (κ3) is 3.50. The third-order valence-electron chi connectivity index (χ3n) is 1.89. The van der Waals surface area contributed by atoms with Crippen molar-refractivity contribution in [1.82, 2.24) is 4.90 Å². The van der Waals surface area contributed by atoms with Gasteiger partial charge < -0.3 is 9.64 Å². The van der Waals surface area contributed by atoms with Gasteiger partial charge in [0.15, 0.2) is 0 Å². The Bertz CT molecular complexity index is 338. The quantitative estimate of drug-likeness (QED) is 0.798. The number of ether oxygens (including phenoxy) is 1. The maximum Gasteiger partial charge on any atom is 0.263 e. The van der Waals surface area contributed by atoms with Crippen molar-refractivity contribution in [2.45, 2.75) is 11.8 Å². The smallest absolute Gasteiger partial charge is 0.263 e. The number of carbonyl (C=O) groups excluding carboxylic acids is 1. The third-order valence-corrected chi connectivity index (χ3v) is 3.08. The number of amides is 1. The lowest BCUT2D eigenvalue weighted by Crippen LogP contribution is -2.30. The normalized spacial score (nSPS) is 12.3. The number of thiophene rings is 1. The predicted octanol–water partition coefficient (Wildman–Crippen LogP) is 2.61. The first-order valence-electron chi connectivity index (χ1n) is 4.56. The highest BCUT2D eigenvalue weighted by Gasteiger charge is 2.15. The first-order chi connectivity index (χ1) is 7.04. The average molecular weight is 292 g/mol. The number of nitrogens with zero attached hydrogens (tertiary/aromatic N) is 1. The van der Waals surface area contributed by atoms with E-state index >= 15 is 0 Å². The summed E-state index contributed by atoms with van der Waals surface area (Å²) in [6, 6.07) is 1.77. The molecule has 0 aliphatic rings. The zero-order valence-electron chi connectivity index (χ0n) is 8.99. The monoisotopic (exact) mass is 291 g/mol. The molecule has 0 aliphatic heterocycles. The molecule has 0 saturated carbocycles. The highest BCUT2D eigenvalue weighted by molar-refractivity contribution is 9.09. The molecule has 0 bridgehead atoms. The second-order valence-electron chi connectivity index (χ2n) is 3.32. The zero-order chi connectivity index (χ0) is 11.4. The molecule has 0 spiro atoms. The summed E-state index contributed by atoms with van der Waals surface area (Å²) >= 11 is 4.83. The lowest BCUT2D eigenvalue weighted by Gasteiger charge is -2.17. The Hall–Kier alpha value is -0.550. The van der Waals surface area contributed by atoms with E-state index in [9.17, 15) is 4.79 Å². The van der Waals surface area contributed by atoms with E-state index in [-0.39, 0.29) is 5.91 Å². The molecule has 0 N–H and O–H groups in total. The number of rotatable bonds is 4. The molecule has 0 radical (unpaired) electrons. The fourth-order valence-electron chi connectivity index (χ4n) is 1.19. The van der Waals surface area contributed by atoms with Gasteiger partial charge in [-0.15, -0.1) is 11.3 Å². The summed E-state index contributed by atoms with van der Waals surface area (Å²) < 4.78 is 5.04. The maximum atomic E-state index is 11.9. The van der Waals surface area contributed by atoms with Crippen LogP contribution < -0.4 is 4.74 Å². The molecule has 1 rings (SSSR count). The Morgan fingerprint density at radius 3 is 2.87 bits per heavy atom. The summed E-state index contributed by atoms with van der Waals surface area (Å²) in [6.45, 7) is 2.71. The summed E-state index contributed by atoms with van der Waals surface area (Å²) in [5.41, 5.74) is 0. The minimum absolute atomic E-state index is 0.0367. The highest BCUT2D eigenvalue weighted by Crippen LogP contribution is 2.22. The van der Waals surface area contributed by atoms with Crippen molar-refractivity contribution >= 4 is 33.2 Å². The summed E-state index contributed by atoms with van der Waals surface area (Å²) in [4.78, 5) is 14.6. The molecule has 0 aliphatic carbocycles. The van der Waals surface area contributed by atoms with Crippen LogP contribution in [0.3, 0.4) is 0 Å². The largest absolute Gasteiger partial charge is 0.496 e. The van der Waals surface area contributed by atoms with Crippen LogP contribution in [0.15, 0.2) is 11.4 Å². The SMILES string of the molecule is COc1csc(C(=O)N(C)CC(C)Br)c1. The number of carbonyl (C=O) groups is 1. The molecule has 15 heavy (non-hydrogen) atoms. The van der Waals surface area contributed by atoms with Crippen molar-refractivity contribution in [2.75, 3.05) is 20.7 Å². The van der Waals surface area contributed by atoms with Crippen molar-refractivity contribution < 1.29 is 9.53 Å². The predicted molar refractivity (Wildman–Crippen MR) is 66.2 cm³/mol. The van der Waals surface area contributed by atoms with Gasteiger partial charge in [-0.1, -0.05) is 22.9 Å². The van der Waals surface area contributed by atoms with Crippen LogP contribution in [0.2, 0.25) is 0 Å². The summed E-state index contributed by atoms with van der Waals surface area (Å²) in [6.07, 6.45) is 0.